The van der Waals surface area contributed by atoms with Crippen LogP contribution in [0.2, 0.25) is 0 Å². The van der Waals surface area contributed by atoms with E-state index in [0.717, 1.165) is 6.26 Å². The second-order valence-corrected chi connectivity index (χ2v) is 7.96. The summed E-state index contributed by atoms with van der Waals surface area (Å²) in [5.74, 6) is 0.806. The number of amides is 1. The Kier molecular flexibility index (Phi) is 7.20. The molecule has 27 heavy (non-hydrogen) atoms. The van der Waals surface area contributed by atoms with Crippen LogP contribution in [0.1, 0.15) is 0 Å². The van der Waals surface area contributed by atoms with E-state index in [1.54, 1.807) is 36.4 Å². The van der Waals surface area contributed by atoms with Gasteiger partial charge in [0.05, 0.1) is 18.1 Å². The van der Waals surface area contributed by atoms with E-state index in [4.69, 9.17) is 9.47 Å². The highest BCUT2D eigenvalue weighted by Crippen LogP contribution is 2.25. The number of carbonyl (C=O) groups is 1. The fourth-order valence-corrected chi connectivity index (χ4v) is 3.13. The summed E-state index contributed by atoms with van der Waals surface area (Å²) >= 11 is 0. The zero-order chi connectivity index (χ0) is 18.6. The van der Waals surface area contributed by atoms with Crippen LogP contribution in [-0.2, 0) is 19.4 Å². The van der Waals surface area contributed by atoms with Crippen molar-refractivity contribution in [2.75, 3.05) is 31.3 Å². The van der Waals surface area contributed by atoms with Crippen molar-refractivity contribution in [1.82, 2.24) is 5.32 Å². The number of sulfone groups is 1. The third kappa shape index (κ3) is 5.93. The molecule has 0 aromatic heterocycles. The highest BCUT2D eigenvalue weighted by atomic mass is 35.5. The van der Waals surface area contributed by atoms with E-state index in [0.29, 0.717) is 36.9 Å². The number of ether oxygens (including phenoxy) is 2. The molecule has 1 unspecified atom stereocenters. The zero-order valence-electron chi connectivity index (χ0n) is 14.7. The lowest BCUT2D eigenvalue weighted by Gasteiger charge is -2.22. The summed E-state index contributed by atoms with van der Waals surface area (Å²) in [6, 6.07) is 12.8. The Morgan fingerprint density at radius 1 is 1.19 bits per heavy atom. The van der Waals surface area contributed by atoms with Crippen LogP contribution in [0, 0.1) is 0 Å². The molecule has 1 aliphatic rings. The van der Waals surface area contributed by atoms with Crippen LogP contribution < -0.4 is 15.4 Å². The summed E-state index contributed by atoms with van der Waals surface area (Å²) in [5.41, 5.74) is 0.639. The van der Waals surface area contributed by atoms with Gasteiger partial charge >= 0.3 is 0 Å². The molecule has 0 saturated carbocycles. The SMILES string of the molecule is CS(=O)(=O)c1cccc(Oc2ccc(NC(=O)C3COCCN3)cc2)c1.Cl. The maximum Gasteiger partial charge on any atom is 0.243 e. The molecule has 1 heterocycles. The average Bonchev–Trinajstić information content (AvgIpc) is 2.63. The minimum Gasteiger partial charge on any atom is -0.457 e. The molecule has 2 aromatic rings. The second-order valence-electron chi connectivity index (χ2n) is 5.94. The fraction of sp³-hybridized carbons (Fsp3) is 0.278. The Morgan fingerprint density at radius 2 is 1.93 bits per heavy atom. The van der Waals surface area contributed by atoms with Gasteiger partial charge in [-0.1, -0.05) is 6.07 Å². The lowest BCUT2D eigenvalue weighted by atomic mass is 10.2. The van der Waals surface area contributed by atoms with E-state index in [2.05, 4.69) is 10.6 Å². The van der Waals surface area contributed by atoms with E-state index in [9.17, 15) is 13.2 Å². The molecule has 0 spiro atoms. The molecule has 2 aromatic carbocycles. The molecule has 0 bridgehead atoms. The number of carbonyl (C=O) groups excluding carboxylic acids is 1. The Labute approximate surface area is 164 Å². The quantitative estimate of drug-likeness (QED) is 0.782. The molecule has 1 aliphatic heterocycles. The minimum atomic E-state index is -3.29. The van der Waals surface area contributed by atoms with E-state index < -0.39 is 9.84 Å². The third-order valence-electron chi connectivity index (χ3n) is 3.83. The van der Waals surface area contributed by atoms with Gasteiger partial charge in [0.1, 0.15) is 17.5 Å². The summed E-state index contributed by atoms with van der Waals surface area (Å²) in [6.07, 6.45) is 1.15. The number of benzene rings is 2. The van der Waals surface area contributed by atoms with Crippen LogP contribution in [-0.4, -0.2) is 46.4 Å². The topological polar surface area (TPSA) is 93.7 Å². The molecule has 0 radical (unpaired) electrons. The smallest absolute Gasteiger partial charge is 0.243 e. The predicted molar refractivity (Wildman–Crippen MR) is 105 cm³/mol. The monoisotopic (exact) mass is 412 g/mol. The largest absolute Gasteiger partial charge is 0.457 e. The molecule has 7 nitrogen and oxygen atoms in total. The molecule has 2 N–H and O–H groups in total. The molecule has 1 amide bonds. The highest BCUT2D eigenvalue weighted by molar-refractivity contribution is 7.90. The molecular weight excluding hydrogens is 392 g/mol. The van der Waals surface area contributed by atoms with Crippen molar-refractivity contribution in [3.63, 3.8) is 0 Å². The van der Waals surface area contributed by atoms with Gasteiger partial charge in [-0.25, -0.2) is 8.42 Å². The molecule has 146 valence electrons. The number of morpholine rings is 1. The molecule has 1 saturated heterocycles. The van der Waals surface area contributed by atoms with Crippen LogP contribution in [0.5, 0.6) is 11.5 Å². The van der Waals surface area contributed by atoms with Crippen LogP contribution >= 0.6 is 12.4 Å². The van der Waals surface area contributed by atoms with E-state index >= 15 is 0 Å². The molecular formula is C18H21ClN2O5S. The molecule has 1 atom stereocenters. The number of halogens is 1. The zero-order valence-corrected chi connectivity index (χ0v) is 16.3. The van der Waals surface area contributed by atoms with Gasteiger partial charge in [-0.3, -0.25) is 4.79 Å². The van der Waals surface area contributed by atoms with E-state index in [-0.39, 0.29) is 29.3 Å². The fourth-order valence-electron chi connectivity index (χ4n) is 2.47. The lowest BCUT2D eigenvalue weighted by molar-refractivity contribution is -0.120. The molecule has 0 aliphatic carbocycles. The molecule has 1 fully saturated rings. The number of nitrogens with one attached hydrogen (secondary N) is 2. The minimum absolute atomic E-state index is 0. The van der Waals surface area contributed by atoms with Crippen LogP contribution in [0.4, 0.5) is 5.69 Å². The summed E-state index contributed by atoms with van der Waals surface area (Å²) in [6.45, 7) is 1.61. The van der Waals surface area contributed by atoms with Crippen molar-refractivity contribution in [1.29, 1.82) is 0 Å². The van der Waals surface area contributed by atoms with Gasteiger partial charge in [-0.2, -0.15) is 0 Å². The van der Waals surface area contributed by atoms with Crippen molar-refractivity contribution in [2.45, 2.75) is 10.9 Å². The van der Waals surface area contributed by atoms with Crippen molar-refractivity contribution in [3.8, 4) is 11.5 Å². The number of rotatable bonds is 5. The molecule has 9 heteroatoms. The summed E-state index contributed by atoms with van der Waals surface area (Å²) in [7, 11) is -3.29. The van der Waals surface area contributed by atoms with Gasteiger partial charge in [0.25, 0.3) is 0 Å². The summed E-state index contributed by atoms with van der Waals surface area (Å²) < 4.78 is 34.2. The Bertz CT molecular complexity index is 881. The lowest BCUT2D eigenvalue weighted by Crippen LogP contribution is -2.48. The van der Waals surface area contributed by atoms with Gasteiger partial charge in [-0.15, -0.1) is 12.4 Å². The maximum absolute atomic E-state index is 12.1. The van der Waals surface area contributed by atoms with E-state index in [1.165, 1.54) is 12.1 Å². The Balaban J connectivity index is 0.00000261. The van der Waals surface area contributed by atoms with Gasteiger partial charge in [0.2, 0.25) is 5.91 Å². The van der Waals surface area contributed by atoms with Crippen molar-refractivity contribution in [2.24, 2.45) is 0 Å². The van der Waals surface area contributed by atoms with Crippen LogP contribution in [0.3, 0.4) is 0 Å². The number of hydrogen-bond donors (Lipinski definition) is 2. The van der Waals surface area contributed by atoms with Crippen LogP contribution in [0.15, 0.2) is 53.4 Å². The standard InChI is InChI=1S/C18H20N2O5S.ClH/c1-26(22,23)16-4-2-3-15(11-16)25-14-7-5-13(6-8-14)20-18(21)17-12-24-10-9-19-17;/h2-8,11,17,19H,9-10,12H2,1H3,(H,20,21);1H. The third-order valence-corrected chi connectivity index (χ3v) is 4.94. The summed E-state index contributed by atoms with van der Waals surface area (Å²) in [4.78, 5) is 12.3. The first-order valence-corrected chi connectivity index (χ1v) is 10.0. The van der Waals surface area contributed by atoms with Gasteiger partial charge in [0.15, 0.2) is 9.84 Å². The van der Waals surface area contributed by atoms with Gasteiger partial charge < -0.3 is 20.1 Å². The second kappa shape index (κ2) is 9.18. The van der Waals surface area contributed by atoms with E-state index in [1.807, 2.05) is 0 Å². The Hall–Kier alpha value is -2.13. The Morgan fingerprint density at radius 3 is 2.56 bits per heavy atom. The summed E-state index contributed by atoms with van der Waals surface area (Å²) in [5, 5.41) is 5.91. The van der Waals surface area contributed by atoms with Crippen LogP contribution in [0.25, 0.3) is 0 Å². The number of anilines is 1. The van der Waals surface area contributed by atoms with Gasteiger partial charge in [-0.05, 0) is 42.5 Å². The van der Waals surface area contributed by atoms with Crippen molar-refractivity contribution in [3.05, 3.63) is 48.5 Å². The van der Waals surface area contributed by atoms with Crippen molar-refractivity contribution < 1.29 is 22.7 Å². The predicted octanol–water partition coefficient (Wildman–Crippen LogP) is 2.23. The van der Waals surface area contributed by atoms with Crippen molar-refractivity contribution >= 4 is 33.8 Å². The first-order valence-electron chi connectivity index (χ1n) is 8.12. The van der Waals surface area contributed by atoms with Gasteiger partial charge in [0, 0.05) is 18.5 Å². The average molecular weight is 413 g/mol. The number of hydrogen-bond acceptors (Lipinski definition) is 6. The first kappa shape index (κ1) is 21.2. The molecule has 3 rings (SSSR count). The highest BCUT2D eigenvalue weighted by Gasteiger charge is 2.21. The first-order chi connectivity index (χ1) is 12.4. The maximum atomic E-state index is 12.1. The normalized spacial score (nSPS) is 16.9.